The Labute approximate surface area is 289 Å². The van der Waals surface area contributed by atoms with Crippen molar-refractivity contribution < 1.29 is 32.3 Å². The number of nitrogens with zero attached hydrogens (tertiary/aromatic N) is 2. The van der Waals surface area contributed by atoms with E-state index in [1.165, 1.54) is 41.6 Å². The van der Waals surface area contributed by atoms with E-state index in [1.54, 1.807) is 13.3 Å². The summed E-state index contributed by atoms with van der Waals surface area (Å²) in [6, 6.07) is 23.3. The number of aliphatic hydroxyl groups excluding tert-OH is 1. The number of hydrogen-bond acceptors (Lipinski definition) is 8. The summed E-state index contributed by atoms with van der Waals surface area (Å²) >= 11 is 0. The van der Waals surface area contributed by atoms with Gasteiger partial charge in [-0.1, -0.05) is 57.5 Å². The average Bonchev–Trinajstić information content (AvgIpc) is 3.06. The molecule has 0 aliphatic rings. The standard InChI is InChI=1S/C25H36BN2O7PS.C8H10.C3H8/c1-19(2)15-28(16-23(29)22(27-17-26-30)13-20-9-7-6-8-10-20)37(32,33)21-11-12-24(34-3)25(14-21)35-18-36(4,5)31;1-2-8-6-4-3-5-7-8;1-3-2/h6-12,14,17,19,22-23,29H,13,15-16,18H2,1-5H3;3-7H,2H2,1H3;3H2,1-2H3/t22-,23+;;/m0../s1. The number of methoxy groups -OCH3 is 1. The van der Waals surface area contributed by atoms with Crippen LogP contribution in [0.2, 0.25) is 0 Å². The maximum absolute atomic E-state index is 13.7. The molecule has 1 N–H and O–H groups in total. The molecular formula is C36H54BN2O7PS. The number of ether oxygens (including phenoxy) is 2. The van der Waals surface area contributed by atoms with Crippen molar-refractivity contribution in [3.63, 3.8) is 0 Å². The van der Waals surface area contributed by atoms with Gasteiger partial charge in [0.2, 0.25) is 0 Å². The first-order valence-electron chi connectivity index (χ1n) is 16.3. The Morgan fingerprint density at radius 2 is 1.48 bits per heavy atom. The molecule has 9 nitrogen and oxygen atoms in total. The number of hydrogen-bond donors (Lipinski definition) is 1. The van der Waals surface area contributed by atoms with Crippen LogP contribution in [-0.4, -0.2) is 83.1 Å². The molecule has 0 spiro atoms. The molecule has 48 heavy (non-hydrogen) atoms. The Morgan fingerprint density at radius 1 is 0.917 bits per heavy atom. The summed E-state index contributed by atoms with van der Waals surface area (Å²) in [5.74, 6) is 0.442. The van der Waals surface area contributed by atoms with E-state index < -0.39 is 29.3 Å². The van der Waals surface area contributed by atoms with Gasteiger partial charge in [0, 0.05) is 0 Å². The normalized spacial score (nSPS) is 12.7. The van der Waals surface area contributed by atoms with E-state index in [4.69, 9.17) is 9.47 Å². The molecule has 0 saturated carbocycles. The molecule has 12 heteroatoms. The summed E-state index contributed by atoms with van der Waals surface area (Å²) in [6.45, 7) is 13.2. The molecule has 0 heterocycles. The van der Waals surface area contributed by atoms with Gasteiger partial charge in [-0.2, -0.15) is 0 Å². The minimum Gasteiger partial charge on any atom is -0.321 e. The number of aliphatic hydroxyl groups is 1. The zero-order chi connectivity index (χ0) is 36.2. The first-order valence-corrected chi connectivity index (χ1v) is 20.5. The van der Waals surface area contributed by atoms with Crippen LogP contribution >= 0.6 is 7.14 Å². The molecule has 264 valence electrons. The minimum atomic E-state index is -4.07. The SMILES string of the molecule is CCC.CCc1ccccc1.COc1ccc(S(=O)(=O)N(CC(C)C)C[C@@H](O)[C@H](Cc2ccccc2)N=CB=O)cc1OCP(C)(C)=O. The van der Waals surface area contributed by atoms with E-state index in [0.717, 1.165) is 18.1 Å². The van der Waals surface area contributed by atoms with Gasteiger partial charge in [0.1, 0.15) is 7.14 Å². The minimum absolute atomic E-state index is 0.0342. The third-order valence-electron chi connectivity index (χ3n) is 6.58. The number of sulfonamides is 1. The van der Waals surface area contributed by atoms with Gasteiger partial charge >= 0.3 is 189 Å². The molecular weight excluding hydrogens is 646 g/mol. The summed E-state index contributed by atoms with van der Waals surface area (Å²) in [6.07, 6.45) is 2.55. The molecule has 3 aromatic carbocycles. The summed E-state index contributed by atoms with van der Waals surface area (Å²) in [5.41, 5.74) is 2.31. The van der Waals surface area contributed by atoms with Crippen LogP contribution in [-0.2, 0) is 32.1 Å². The number of benzene rings is 3. The molecule has 2 atom stereocenters. The number of aryl methyl sites for hydroxylation is 1. The topological polar surface area (TPSA) is 123 Å². The fourth-order valence-electron chi connectivity index (χ4n) is 4.32. The van der Waals surface area contributed by atoms with Crippen LogP contribution in [0.25, 0.3) is 0 Å². The van der Waals surface area contributed by atoms with Crippen LogP contribution in [0.1, 0.15) is 52.2 Å². The van der Waals surface area contributed by atoms with Crippen molar-refractivity contribution in [2.75, 3.05) is 39.9 Å². The summed E-state index contributed by atoms with van der Waals surface area (Å²) in [5, 5.41) is 11.1. The molecule has 0 radical (unpaired) electrons. The smallest absolute Gasteiger partial charge is 0.321 e. The molecule has 0 aliphatic carbocycles. The molecule has 0 aromatic heterocycles. The molecule has 0 fully saturated rings. The first-order chi connectivity index (χ1) is 22.7. The van der Waals surface area contributed by atoms with E-state index >= 15 is 0 Å². The Morgan fingerprint density at radius 3 is 1.94 bits per heavy atom. The van der Waals surface area contributed by atoms with Crippen LogP contribution in [0.5, 0.6) is 11.5 Å². The Hall–Kier alpha value is -3.11. The van der Waals surface area contributed by atoms with Crippen LogP contribution in [0, 0.1) is 5.92 Å². The predicted molar refractivity (Wildman–Crippen MR) is 198 cm³/mol. The zero-order valence-corrected chi connectivity index (χ0v) is 31.5. The number of rotatable bonds is 16. The molecule has 0 bridgehead atoms. The Balaban J connectivity index is 0.000000888. The van der Waals surface area contributed by atoms with Crippen molar-refractivity contribution in [3.05, 3.63) is 90.0 Å². The fourth-order valence-corrected chi connectivity index (χ4v) is 6.40. The fraction of sp³-hybridized carbons (Fsp3) is 0.472. The van der Waals surface area contributed by atoms with Crippen LogP contribution in [0.15, 0.2) is 88.8 Å². The third-order valence-corrected chi connectivity index (χ3v) is 9.16. The predicted octanol–water partition coefficient (Wildman–Crippen LogP) is 7.02. The monoisotopic (exact) mass is 700 g/mol. The molecule has 0 unspecified atom stereocenters. The van der Waals surface area contributed by atoms with Gasteiger partial charge in [-0.25, -0.2) is 0 Å². The van der Waals surface area contributed by atoms with Gasteiger partial charge in [0.05, 0.1) is 7.11 Å². The second kappa shape index (κ2) is 22.5. The second-order valence-electron chi connectivity index (χ2n) is 12.2. The van der Waals surface area contributed by atoms with Gasteiger partial charge in [0.15, 0.2) is 0 Å². The van der Waals surface area contributed by atoms with Crippen molar-refractivity contribution in [1.29, 1.82) is 0 Å². The quantitative estimate of drug-likeness (QED) is 0.0969. The van der Waals surface area contributed by atoms with Gasteiger partial charge < -0.3 is 4.57 Å². The maximum atomic E-state index is 13.7. The molecule has 0 saturated heterocycles. The third kappa shape index (κ3) is 16.3. The summed E-state index contributed by atoms with van der Waals surface area (Å²) < 4.78 is 62.6. The summed E-state index contributed by atoms with van der Waals surface area (Å²) in [7, 11) is -4.65. The van der Waals surface area contributed by atoms with Crippen molar-refractivity contribution >= 4 is 30.4 Å². The van der Waals surface area contributed by atoms with Gasteiger partial charge in [-0.3, -0.25) is 0 Å². The molecule has 0 amide bonds. The number of aliphatic imine (C=N–C) groups is 1. The molecule has 0 aliphatic heterocycles. The Kier molecular flexibility index (Phi) is 20.1. The second-order valence-corrected chi connectivity index (χ2v) is 17.5. The first kappa shape index (κ1) is 42.9. The van der Waals surface area contributed by atoms with E-state index in [2.05, 4.69) is 50.0 Å². The Bertz CT molecular complexity index is 1520. The van der Waals surface area contributed by atoms with Gasteiger partial charge in [-0.05, 0) is 25.3 Å². The van der Waals surface area contributed by atoms with Gasteiger partial charge in [0.25, 0.3) is 0 Å². The van der Waals surface area contributed by atoms with Gasteiger partial charge in [-0.15, -0.1) is 0 Å². The zero-order valence-electron chi connectivity index (χ0n) is 29.8. The van der Waals surface area contributed by atoms with Crippen molar-refractivity contribution in [2.24, 2.45) is 10.9 Å². The van der Waals surface area contributed by atoms with Crippen molar-refractivity contribution in [2.45, 2.75) is 70.9 Å². The van der Waals surface area contributed by atoms with E-state index in [0.29, 0.717) is 19.3 Å². The van der Waals surface area contributed by atoms with E-state index in [-0.39, 0.29) is 36.0 Å². The molecule has 3 aromatic rings. The van der Waals surface area contributed by atoms with Crippen LogP contribution in [0.3, 0.4) is 0 Å². The van der Waals surface area contributed by atoms with E-state index in [9.17, 15) is 22.8 Å². The summed E-state index contributed by atoms with van der Waals surface area (Å²) in [4.78, 5) is 4.13. The average molecular weight is 701 g/mol. The van der Waals surface area contributed by atoms with E-state index in [1.807, 2.05) is 50.2 Å². The van der Waals surface area contributed by atoms with Crippen molar-refractivity contribution in [3.8, 4) is 11.5 Å². The van der Waals surface area contributed by atoms with Crippen molar-refractivity contribution in [1.82, 2.24) is 4.31 Å². The molecule has 3 rings (SSSR count). The van der Waals surface area contributed by atoms with Crippen LogP contribution in [0.4, 0.5) is 0 Å². The van der Waals surface area contributed by atoms with Crippen LogP contribution < -0.4 is 9.47 Å².